The van der Waals surface area contributed by atoms with Crippen LogP contribution in [0.2, 0.25) is 0 Å². The molecule has 4 heteroatoms. The molecule has 2 unspecified atom stereocenters. The van der Waals surface area contributed by atoms with Crippen molar-refractivity contribution in [1.29, 1.82) is 0 Å². The molecule has 2 aliphatic rings. The van der Waals surface area contributed by atoms with E-state index in [2.05, 4.69) is 6.92 Å². The minimum absolute atomic E-state index is 0.107. The molecule has 2 N–H and O–H groups in total. The molecular formula is C15H20N2O2. The zero-order valence-corrected chi connectivity index (χ0v) is 11.3. The van der Waals surface area contributed by atoms with E-state index in [9.17, 15) is 4.79 Å². The van der Waals surface area contributed by atoms with Crippen LogP contribution in [0.5, 0.6) is 0 Å². The fraction of sp³-hybridized carbons (Fsp3) is 0.533. The highest BCUT2D eigenvalue weighted by atomic mass is 16.5. The summed E-state index contributed by atoms with van der Waals surface area (Å²) in [6.07, 6.45) is 3.59. The highest BCUT2D eigenvalue weighted by Crippen LogP contribution is 2.34. The number of fused-ring (bicyclic) bond motifs is 1. The zero-order chi connectivity index (χ0) is 13.4. The molecule has 1 saturated heterocycles. The molecule has 1 amide bonds. The zero-order valence-electron chi connectivity index (χ0n) is 11.3. The molecule has 2 heterocycles. The molecule has 1 aromatic carbocycles. The van der Waals surface area contributed by atoms with Gasteiger partial charge in [-0.3, -0.25) is 4.79 Å². The average molecular weight is 260 g/mol. The van der Waals surface area contributed by atoms with E-state index in [1.807, 2.05) is 23.1 Å². The van der Waals surface area contributed by atoms with E-state index in [1.54, 1.807) is 0 Å². The first-order valence-corrected chi connectivity index (χ1v) is 7.00. The Hall–Kier alpha value is -1.55. The van der Waals surface area contributed by atoms with Gasteiger partial charge in [0.05, 0.1) is 0 Å². The Morgan fingerprint density at radius 2 is 2.26 bits per heavy atom. The van der Waals surface area contributed by atoms with Gasteiger partial charge >= 0.3 is 0 Å². The van der Waals surface area contributed by atoms with Crippen LogP contribution in [0.25, 0.3) is 0 Å². The maximum atomic E-state index is 12.6. The van der Waals surface area contributed by atoms with Gasteiger partial charge in [-0.15, -0.1) is 0 Å². The van der Waals surface area contributed by atoms with Gasteiger partial charge in [0.1, 0.15) is 6.10 Å². The van der Waals surface area contributed by atoms with E-state index >= 15 is 0 Å². The Bertz CT molecular complexity index is 495. The molecular weight excluding hydrogens is 240 g/mol. The van der Waals surface area contributed by atoms with E-state index in [0.29, 0.717) is 6.61 Å². The van der Waals surface area contributed by atoms with Gasteiger partial charge in [0.15, 0.2) is 0 Å². The van der Waals surface area contributed by atoms with Crippen LogP contribution in [0.4, 0.5) is 11.4 Å². The predicted molar refractivity (Wildman–Crippen MR) is 75.1 cm³/mol. The van der Waals surface area contributed by atoms with E-state index in [-0.39, 0.29) is 18.1 Å². The van der Waals surface area contributed by atoms with E-state index in [1.165, 1.54) is 0 Å². The Balaban J connectivity index is 1.86. The molecule has 2 atom stereocenters. The molecule has 19 heavy (non-hydrogen) atoms. The summed E-state index contributed by atoms with van der Waals surface area (Å²) in [5, 5.41) is 0. The monoisotopic (exact) mass is 260 g/mol. The van der Waals surface area contributed by atoms with Gasteiger partial charge in [-0.05, 0) is 56.4 Å². The van der Waals surface area contributed by atoms with Crippen molar-refractivity contribution in [3.05, 3.63) is 23.8 Å². The van der Waals surface area contributed by atoms with Gasteiger partial charge < -0.3 is 15.4 Å². The molecule has 1 fully saturated rings. The van der Waals surface area contributed by atoms with Crippen LogP contribution >= 0.6 is 0 Å². The number of carbonyl (C=O) groups excluding carboxylic acids is 1. The molecule has 0 aromatic heterocycles. The number of carbonyl (C=O) groups is 1. The van der Waals surface area contributed by atoms with E-state index in [4.69, 9.17) is 10.5 Å². The number of hydrogen-bond acceptors (Lipinski definition) is 3. The molecule has 0 bridgehead atoms. The summed E-state index contributed by atoms with van der Waals surface area (Å²) >= 11 is 0. The lowest BCUT2D eigenvalue weighted by molar-refractivity contribution is -0.132. The topological polar surface area (TPSA) is 55.6 Å². The van der Waals surface area contributed by atoms with Crippen molar-refractivity contribution in [2.24, 2.45) is 0 Å². The molecule has 0 aliphatic carbocycles. The first kappa shape index (κ1) is 12.5. The number of nitrogens with zero attached hydrogens (tertiary/aromatic N) is 1. The molecule has 0 saturated carbocycles. The van der Waals surface area contributed by atoms with Crippen LogP contribution in [0.1, 0.15) is 31.7 Å². The van der Waals surface area contributed by atoms with Crippen molar-refractivity contribution < 1.29 is 9.53 Å². The lowest BCUT2D eigenvalue weighted by Gasteiger charge is -2.29. The fourth-order valence-corrected chi connectivity index (χ4v) is 3.08. The lowest BCUT2D eigenvalue weighted by Crippen LogP contribution is -2.44. The highest BCUT2D eigenvalue weighted by Gasteiger charge is 2.35. The number of anilines is 2. The number of nitrogens with two attached hydrogens (primary N) is 1. The van der Waals surface area contributed by atoms with Crippen molar-refractivity contribution in [2.75, 3.05) is 17.2 Å². The van der Waals surface area contributed by atoms with Crippen molar-refractivity contribution in [3.8, 4) is 0 Å². The summed E-state index contributed by atoms with van der Waals surface area (Å²) in [7, 11) is 0. The Morgan fingerprint density at radius 1 is 1.42 bits per heavy atom. The first-order valence-electron chi connectivity index (χ1n) is 7.00. The maximum Gasteiger partial charge on any atom is 0.256 e. The number of benzene rings is 1. The molecule has 1 aromatic rings. The smallest absolute Gasteiger partial charge is 0.256 e. The van der Waals surface area contributed by atoms with Gasteiger partial charge in [0.2, 0.25) is 0 Å². The van der Waals surface area contributed by atoms with Crippen LogP contribution in [0.3, 0.4) is 0 Å². The summed E-state index contributed by atoms with van der Waals surface area (Å²) in [6.45, 7) is 2.78. The number of hydrogen-bond donors (Lipinski definition) is 1. The van der Waals surface area contributed by atoms with Crippen molar-refractivity contribution in [3.63, 3.8) is 0 Å². The van der Waals surface area contributed by atoms with Crippen LogP contribution in [-0.4, -0.2) is 24.7 Å². The molecule has 102 valence electrons. The van der Waals surface area contributed by atoms with Crippen molar-refractivity contribution >= 4 is 17.3 Å². The highest BCUT2D eigenvalue weighted by molar-refractivity contribution is 5.99. The lowest BCUT2D eigenvalue weighted by atomic mass is 10.1. The normalized spacial score (nSPS) is 26.3. The van der Waals surface area contributed by atoms with Crippen LogP contribution in [0, 0.1) is 0 Å². The minimum Gasteiger partial charge on any atom is -0.399 e. The van der Waals surface area contributed by atoms with Crippen LogP contribution < -0.4 is 10.6 Å². The van der Waals surface area contributed by atoms with Crippen molar-refractivity contribution in [1.82, 2.24) is 0 Å². The summed E-state index contributed by atoms with van der Waals surface area (Å²) < 4.78 is 5.62. The van der Waals surface area contributed by atoms with Gasteiger partial charge in [-0.2, -0.15) is 0 Å². The molecule has 0 radical (unpaired) electrons. The van der Waals surface area contributed by atoms with Crippen LogP contribution in [-0.2, 0) is 16.0 Å². The molecule has 2 aliphatic heterocycles. The van der Waals surface area contributed by atoms with Crippen LogP contribution in [0.15, 0.2) is 18.2 Å². The van der Waals surface area contributed by atoms with Crippen molar-refractivity contribution in [2.45, 2.75) is 44.8 Å². The fourth-order valence-electron chi connectivity index (χ4n) is 3.08. The third kappa shape index (κ3) is 2.21. The average Bonchev–Trinajstić information content (AvgIpc) is 2.74. The molecule has 3 rings (SSSR count). The first-order chi connectivity index (χ1) is 9.16. The predicted octanol–water partition coefficient (Wildman–Crippen LogP) is 2.12. The minimum atomic E-state index is -0.264. The Labute approximate surface area is 113 Å². The summed E-state index contributed by atoms with van der Waals surface area (Å²) in [6, 6.07) is 5.98. The third-order valence-corrected chi connectivity index (χ3v) is 4.01. The van der Waals surface area contributed by atoms with E-state index in [0.717, 1.165) is 42.6 Å². The van der Waals surface area contributed by atoms with Gasteiger partial charge in [0, 0.05) is 24.0 Å². The second kappa shape index (κ2) is 4.85. The summed E-state index contributed by atoms with van der Waals surface area (Å²) in [4.78, 5) is 14.5. The largest absolute Gasteiger partial charge is 0.399 e. The SMILES string of the molecule is CC1Cc2cc(N)ccc2N1C(=O)C1CCCCO1. The Morgan fingerprint density at radius 3 is 3.00 bits per heavy atom. The second-order valence-electron chi connectivity index (χ2n) is 5.50. The van der Waals surface area contributed by atoms with Gasteiger partial charge in [-0.1, -0.05) is 0 Å². The summed E-state index contributed by atoms with van der Waals surface area (Å²) in [5.74, 6) is 0.107. The second-order valence-corrected chi connectivity index (χ2v) is 5.50. The number of nitrogen functional groups attached to an aromatic ring is 1. The quantitative estimate of drug-likeness (QED) is 0.787. The van der Waals surface area contributed by atoms with Gasteiger partial charge in [-0.25, -0.2) is 0 Å². The van der Waals surface area contributed by atoms with E-state index < -0.39 is 0 Å². The standard InChI is InChI=1S/C15H20N2O2/c1-10-8-11-9-12(16)5-6-13(11)17(10)15(18)14-4-2-3-7-19-14/h5-6,9-10,14H,2-4,7-8,16H2,1H3. The number of rotatable bonds is 1. The third-order valence-electron chi connectivity index (χ3n) is 4.01. The number of amides is 1. The number of ether oxygens (including phenoxy) is 1. The molecule has 4 nitrogen and oxygen atoms in total. The maximum absolute atomic E-state index is 12.6. The van der Waals surface area contributed by atoms with Gasteiger partial charge in [0.25, 0.3) is 5.91 Å². The molecule has 0 spiro atoms. The summed E-state index contributed by atoms with van der Waals surface area (Å²) in [5.41, 5.74) is 8.74. The Kier molecular flexibility index (Phi) is 3.19.